The second-order valence-corrected chi connectivity index (χ2v) is 4.97. The van der Waals surface area contributed by atoms with Gasteiger partial charge in [-0.05, 0) is 43.1 Å². The van der Waals surface area contributed by atoms with E-state index >= 15 is 0 Å². The van der Waals surface area contributed by atoms with Crippen molar-refractivity contribution < 1.29 is 4.79 Å². The summed E-state index contributed by atoms with van der Waals surface area (Å²) in [6, 6.07) is 5.42. The zero-order chi connectivity index (χ0) is 12.8. The molecule has 0 saturated heterocycles. The summed E-state index contributed by atoms with van der Waals surface area (Å²) in [6.07, 6.45) is 0. The molecular weight excluding hydrogens is 236 g/mol. The summed E-state index contributed by atoms with van der Waals surface area (Å²) < 4.78 is 0. The maximum atomic E-state index is 11.6. The number of hydrogen-bond donors (Lipinski definition) is 2. The molecule has 1 aromatic rings. The fourth-order valence-corrected chi connectivity index (χ4v) is 1.66. The predicted octanol–water partition coefficient (Wildman–Crippen LogP) is 2.83. The van der Waals surface area contributed by atoms with Gasteiger partial charge in [0.25, 0.3) is 0 Å². The first-order chi connectivity index (χ1) is 7.99. The quantitative estimate of drug-likeness (QED) is 0.848. The monoisotopic (exact) mass is 254 g/mol. The summed E-state index contributed by atoms with van der Waals surface area (Å²) in [5.41, 5.74) is 1.78. The van der Waals surface area contributed by atoms with Crippen molar-refractivity contribution in [2.45, 2.75) is 20.8 Å². The van der Waals surface area contributed by atoms with Gasteiger partial charge in [0.15, 0.2) is 0 Å². The maximum absolute atomic E-state index is 11.6. The molecule has 94 valence electrons. The summed E-state index contributed by atoms with van der Waals surface area (Å²) in [5, 5.41) is 6.63. The summed E-state index contributed by atoms with van der Waals surface area (Å²) in [5.74, 6) is 0.510. The number of nitrogens with one attached hydrogen (secondary N) is 2. The van der Waals surface area contributed by atoms with Crippen molar-refractivity contribution in [1.82, 2.24) is 5.32 Å². The van der Waals surface area contributed by atoms with Crippen LogP contribution >= 0.6 is 11.6 Å². The lowest BCUT2D eigenvalue weighted by Crippen LogP contribution is -2.30. The first kappa shape index (κ1) is 14.0. The number of halogens is 1. The Kier molecular flexibility index (Phi) is 5.45. The molecule has 4 heteroatoms. The highest BCUT2D eigenvalue weighted by atomic mass is 35.5. The SMILES string of the molecule is Cc1cc(Cl)ccc1NC(=O)CNCC(C)C. The van der Waals surface area contributed by atoms with Crippen LogP contribution < -0.4 is 10.6 Å². The molecule has 0 unspecified atom stereocenters. The van der Waals surface area contributed by atoms with Crippen LogP contribution in [0.5, 0.6) is 0 Å². The molecule has 2 N–H and O–H groups in total. The van der Waals surface area contributed by atoms with Crippen LogP contribution in [0.2, 0.25) is 5.02 Å². The van der Waals surface area contributed by atoms with Gasteiger partial charge in [0, 0.05) is 10.7 Å². The Morgan fingerprint density at radius 1 is 1.41 bits per heavy atom. The van der Waals surface area contributed by atoms with Gasteiger partial charge >= 0.3 is 0 Å². The van der Waals surface area contributed by atoms with Gasteiger partial charge in [-0.25, -0.2) is 0 Å². The molecule has 0 spiro atoms. The zero-order valence-corrected chi connectivity index (χ0v) is 11.3. The van der Waals surface area contributed by atoms with Gasteiger partial charge in [-0.15, -0.1) is 0 Å². The standard InChI is InChI=1S/C13H19ClN2O/c1-9(2)7-15-8-13(17)16-12-5-4-11(14)6-10(12)3/h4-6,9,15H,7-8H2,1-3H3,(H,16,17). The van der Waals surface area contributed by atoms with Crippen molar-refractivity contribution >= 4 is 23.2 Å². The van der Waals surface area contributed by atoms with Crippen LogP contribution in [0.1, 0.15) is 19.4 Å². The highest BCUT2D eigenvalue weighted by Crippen LogP contribution is 2.19. The molecule has 0 bridgehead atoms. The predicted molar refractivity (Wildman–Crippen MR) is 72.5 cm³/mol. The van der Waals surface area contributed by atoms with E-state index in [4.69, 9.17) is 11.6 Å². The van der Waals surface area contributed by atoms with Gasteiger partial charge in [-0.2, -0.15) is 0 Å². The molecule has 0 saturated carbocycles. The average Bonchev–Trinajstić information content (AvgIpc) is 2.21. The minimum absolute atomic E-state index is 0.0314. The molecule has 3 nitrogen and oxygen atoms in total. The number of aryl methyl sites for hydroxylation is 1. The van der Waals surface area contributed by atoms with Crippen molar-refractivity contribution in [2.75, 3.05) is 18.4 Å². The Morgan fingerprint density at radius 2 is 2.12 bits per heavy atom. The number of amides is 1. The second-order valence-electron chi connectivity index (χ2n) is 4.53. The lowest BCUT2D eigenvalue weighted by Gasteiger charge is -2.10. The Morgan fingerprint density at radius 3 is 2.71 bits per heavy atom. The summed E-state index contributed by atoms with van der Waals surface area (Å²) in [4.78, 5) is 11.6. The molecule has 0 atom stereocenters. The summed E-state index contributed by atoms with van der Waals surface area (Å²) in [6.45, 7) is 7.30. The third-order valence-corrected chi connectivity index (χ3v) is 2.54. The smallest absolute Gasteiger partial charge is 0.238 e. The molecule has 0 aliphatic rings. The highest BCUT2D eigenvalue weighted by molar-refractivity contribution is 6.30. The summed E-state index contributed by atoms with van der Waals surface area (Å²) in [7, 11) is 0. The molecule has 17 heavy (non-hydrogen) atoms. The van der Waals surface area contributed by atoms with Gasteiger partial charge in [0.2, 0.25) is 5.91 Å². The zero-order valence-electron chi connectivity index (χ0n) is 10.5. The molecule has 0 radical (unpaired) electrons. The topological polar surface area (TPSA) is 41.1 Å². The molecule has 1 aromatic carbocycles. The van der Waals surface area contributed by atoms with Gasteiger partial charge in [-0.3, -0.25) is 4.79 Å². The van der Waals surface area contributed by atoms with Crippen LogP contribution in [0.15, 0.2) is 18.2 Å². The fourth-order valence-electron chi connectivity index (χ4n) is 1.44. The van der Waals surface area contributed by atoms with Crippen molar-refractivity contribution in [2.24, 2.45) is 5.92 Å². The third-order valence-electron chi connectivity index (χ3n) is 2.30. The van der Waals surface area contributed by atoms with Crippen molar-refractivity contribution in [3.05, 3.63) is 28.8 Å². The second kappa shape index (κ2) is 6.62. The van der Waals surface area contributed by atoms with Gasteiger partial charge in [-0.1, -0.05) is 25.4 Å². The Hall–Kier alpha value is -1.06. The normalized spacial score (nSPS) is 10.6. The van der Waals surface area contributed by atoms with Crippen molar-refractivity contribution in [3.63, 3.8) is 0 Å². The van der Waals surface area contributed by atoms with Crippen LogP contribution in [0.3, 0.4) is 0 Å². The summed E-state index contributed by atoms with van der Waals surface area (Å²) >= 11 is 5.85. The van der Waals surface area contributed by atoms with Crippen LogP contribution in [-0.4, -0.2) is 19.0 Å². The fraction of sp³-hybridized carbons (Fsp3) is 0.462. The van der Waals surface area contributed by atoms with Crippen LogP contribution in [0, 0.1) is 12.8 Å². The molecule has 0 aliphatic carbocycles. The Balaban J connectivity index is 2.45. The van der Waals surface area contributed by atoms with Crippen molar-refractivity contribution in [1.29, 1.82) is 0 Å². The number of rotatable bonds is 5. The van der Waals surface area contributed by atoms with Crippen LogP contribution in [0.25, 0.3) is 0 Å². The first-order valence-corrected chi connectivity index (χ1v) is 6.13. The Bertz CT molecular complexity index is 391. The lowest BCUT2D eigenvalue weighted by atomic mass is 10.2. The average molecular weight is 255 g/mol. The van der Waals surface area contributed by atoms with Crippen molar-refractivity contribution in [3.8, 4) is 0 Å². The number of carbonyl (C=O) groups is 1. The molecular formula is C13H19ClN2O. The van der Waals surface area contributed by atoms with Crippen LogP contribution in [0.4, 0.5) is 5.69 Å². The Labute approximate surface area is 108 Å². The number of benzene rings is 1. The highest BCUT2D eigenvalue weighted by Gasteiger charge is 2.05. The molecule has 1 amide bonds. The van der Waals surface area contributed by atoms with E-state index in [0.717, 1.165) is 17.8 Å². The third kappa shape index (κ3) is 5.20. The molecule has 0 heterocycles. The minimum atomic E-state index is -0.0314. The first-order valence-electron chi connectivity index (χ1n) is 5.75. The van der Waals surface area contributed by atoms with E-state index in [2.05, 4.69) is 24.5 Å². The van der Waals surface area contributed by atoms with Gasteiger partial charge in [0.1, 0.15) is 0 Å². The number of hydrogen-bond acceptors (Lipinski definition) is 2. The van der Waals surface area contributed by atoms with E-state index in [9.17, 15) is 4.79 Å². The number of carbonyl (C=O) groups excluding carboxylic acids is 1. The largest absolute Gasteiger partial charge is 0.325 e. The molecule has 0 aliphatic heterocycles. The van der Waals surface area contributed by atoms with Gasteiger partial charge < -0.3 is 10.6 Å². The van der Waals surface area contributed by atoms with E-state index in [1.807, 2.05) is 19.1 Å². The number of anilines is 1. The lowest BCUT2D eigenvalue weighted by molar-refractivity contribution is -0.115. The molecule has 0 aromatic heterocycles. The van der Waals surface area contributed by atoms with Crippen LogP contribution in [-0.2, 0) is 4.79 Å². The maximum Gasteiger partial charge on any atom is 0.238 e. The van der Waals surface area contributed by atoms with Gasteiger partial charge in [0.05, 0.1) is 6.54 Å². The minimum Gasteiger partial charge on any atom is -0.325 e. The van der Waals surface area contributed by atoms with E-state index in [1.54, 1.807) is 6.07 Å². The van der Waals surface area contributed by atoms with E-state index in [0.29, 0.717) is 17.5 Å². The molecule has 0 fully saturated rings. The van der Waals surface area contributed by atoms with E-state index < -0.39 is 0 Å². The molecule has 1 rings (SSSR count). The van der Waals surface area contributed by atoms with E-state index in [-0.39, 0.29) is 5.91 Å². The van der Waals surface area contributed by atoms with E-state index in [1.165, 1.54) is 0 Å².